The number of carbonyl (C=O) groups excluding carboxylic acids is 3. The minimum atomic E-state index is -0.525. The van der Waals surface area contributed by atoms with Gasteiger partial charge < -0.3 is 30.5 Å². The molecule has 288 valence electrons. The van der Waals surface area contributed by atoms with E-state index in [1.807, 2.05) is 35.2 Å². The number of hydrogen-bond acceptors (Lipinski definition) is 11. The number of carbonyl (C=O) groups is 3. The number of anilines is 6. The SMILES string of the molecule is COc1cc(N2CCN(C(=O)CN3CCC(c4ccc(NC5CCC(=O)NC5=O)cc4)CC3)CC2)ccc1Nc1ncc(Cl)c(Nc2ccc(F)c(Cl)c2)n1. The zero-order chi connectivity index (χ0) is 38.5. The van der Waals surface area contributed by atoms with Crippen LogP contribution in [0.5, 0.6) is 5.75 Å². The third-order valence-electron chi connectivity index (χ3n) is 10.3. The van der Waals surface area contributed by atoms with Crippen LogP contribution in [0, 0.1) is 5.82 Å². The van der Waals surface area contributed by atoms with Crippen LogP contribution < -0.4 is 30.9 Å². The van der Waals surface area contributed by atoms with Crippen molar-refractivity contribution in [1.29, 1.82) is 0 Å². The molecule has 7 rings (SSSR count). The second kappa shape index (κ2) is 17.1. The molecule has 3 amide bonds. The molecule has 3 fully saturated rings. The summed E-state index contributed by atoms with van der Waals surface area (Å²) in [5.74, 6) is 0.729. The molecule has 3 saturated heterocycles. The van der Waals surface area contributed by atoms with E-state index in [0.29, 0.717) is 74.4 Å². The van der Waals surface area contributed by atoms with Crippen LogP contribution in [-0.4, -0.2) is 96.5 Å². The molecule has 4 N–H and O–H groups in total. The number of methoxy groups -OCH3 is 1. The fourth-order valence-electron chi connectivity index (χ4n) is 7.14. The average molecular weight is 791 g/mol. The van der Waals surface area contributed by atoms with E-state index in [2.05, 4.69) is 53.2 Å². The number of rotatable bonds is 11. The summed E-state index contributed by atoms with van der Waals surface area (Å²) in [7, 11) is 1.59. The van der Waals surface area contributed by atoms with Gasteiger partial charge in [0.15, 0.2) is 5.82 Å². The molecule has 16 heteroatoms. The quantitative estimate of drug-likeness (QED) is 0.130. The van der Waals surface area contributed by atoms with Gasteiger partial charge in [-0.05, 0) is 86.3 Å². The van der Waals surface area contributed by atoms with Gasteiger partial charge in [0.05, 0.1) is 30.6 Å². The standard InChI is InChI=1S/C39H42Cl2FN9O4/c1-55-34-21-28(7-9-32(34)46-39-43-22-30(41)37(48-39)45-27-6-8-31(42)29(40)20-27)50-16-18-51(19-17-50)36(53)23-49-14-12-25(13-15-49)24-2-4-26(5-3-24)44-33-10-11-35(52)47-38(33)54/h2-9,20-22,25,33,44H,10-19,23H2,1H3,(H,47,52,54)(H2,43,45,46,48). The van der Waals surface area contributed by atoms with Gasteiger partial charge in [0.2, 0.25) is 23.7 Å². The Kier molecular flexibility index (Phi) is 11.8. The van der Waals surface area contributed by atoms with Crippen molar-refractivity contribution in [1.82, 2.24) is 25.1 Å². The third-order valence-corrected chi connectivity index (χ3v) is 10.8. The van der Waals surface area contributed by atoms with E-state index in [0.717, 1.165) is 37.3 Å². The molecule has 3 aliphatic heterocycles. The predicted molar refractivity (Wildman–Crippen MR) is 211 cm³/mol. The van der Waals surface area contributed by atoms with Crippen LogP contribution in [0.15, 0.2) is 66.9 Å². The monoisotopic (exact) mass is 789 g/mol. The highest BCUT2D eigenvalue weighted by Gasteiger charge is 2.28. The first-order chi connectivity index (χ1) is 26.6. The van der Waals surface area contributed by atoms with Crippen LogP contribution in [0.2, 0.25) is 10.0 Å². The number of imide groups is 1. The van der Waals surface area contributed by atoms with Crippen LogP contribution >= 0.6 is 23.2 Å². The van der Waals surface area contributed by atoms with Crippen LogP contribution in [0.1, 0.15) is 37.2 Å². The van der Waals surface area contributed by atoms with E-state index in [9.17, 15) is 18.8 Å². The molecule has 3 aromatic carbocycles. The van der Waals surface area contributed by atoms with Crippen molar-refractivity contribution in [3.8, 4) is 5.75 Å². The highest BCUT2D eigenvalue weighted by atomic mass is 35.5. The van der Waals surface area contributed by atoms with Crippen molar-refractivity contribution in [2.75, 3.05) is 73.8 Å². The smallest absolute Gasteiger partial charge is 0.249 e. The van der Waals surface area contributed by atoms with E-state index >= 15 is 0 Å². The molecule has 13 nitrogen and oxygen atoms in total. The van der Waals surface area contributed by atoms with Gasteiger partial charge in [-0.2, -0.15) is 4.98 Å². The maximum atomic E-state index is 13.6. The van der Waals surface area contributed by atoms with E-state index in [1.54, 1.807) is 7.11 Å². The Balaban J connectivity index is 0.869. The first-order valence-electron chi connectivity index (χ1n) is 18.3. The molecule has 4 heterocycles. The molecule has 0 aliphatic carbocycles. The first-order valence-corrected chi connectivity index (χ1v) is 19.0. The number of likely N-dealkylation sites (tertiary alicyclic amines) is 1. The number of piperidine rings is 2. The average Bonchev–Trinajstić information content (AvgIpc) is 3.19. The maximum absolute atomic E-state index is 13.6. The molecule has 0 radical (unpaired) electrons. The van der Waals surface area contributed by atoms with Crippen molar-refractivity contribution in [2.45, 2.75) is 37.6 Å². The summed E-state index contributed by atoms with van der Waals surface area (Å²) < 4.78 is 19.3. The van der Waals surface area contributed by atoms with Crippen molar-refractivity contribution < 1.29 is 23.5 Å². The lowest BCUT2D eigenvalue weighted by Gasteiger charge is -2.38. The molecule has 0 bridgehead atoms. The molecule has 1 aromatic heterocycles. The Morgan fingerprint density at radius 1 is 0.909 bits per heavy atom. The number of halogens is 3. The van der Waals surface area contributed by atoms with E-state index in [1.165, 1.54) is 30.0 Å². The van der Waals surface area contributed by atoms with Crippen LogP contribution in [0.4, 0.5) is 38.9 Å². The third kappa shape index (κ3) is 9.38. The number of amides is 3. The van der Waals surface area contributed by atoms with Crippen LogP contribution in [0.3, 0.4) is 0 Å². The number of ether oxygens (including phenoxy) is 1. The molecule has 0 spiro atoms. The molecular formula is C39H42Cl2FN9O4. The summed E-state index contributed by atoms with van der Waals surface area (Å²) in [6.45, 7) is 4.78. The van der Waals surface area contributed by atoms with Crippen molar-refractivity contribution in [3.05, 3.63) is 88.3 Å². The van der Waals surface area contributed by atoms with Crippen molar-refractivity contribution in [2.24, 2.45) is 0 Å². The fourth-order valence-corrected chi connectivity index (χ4v) is 7.46. The Hall–Kier alpha value is -5.18. The highest BCUT2D eigenvalue weighted by molar-refractivity contribution is 6.33. The summed E-state index contributed by atoms with van der Waals surface area (Å²) in [6.07, 6.45) is 4.24. The van der Waals surface area contributed by atoms with Gasteiger partial charge in [-0.25, -0.2) is 9.37 Å². The normalized spacial score (nSPS) is 18.1. The maximum Gasteiger partial charge on any atom is 0.249 e. The lowest BCUT2D eigenvalue weighted by atomic mass is 9.89. The Morgan fingerprint density at radius 3 is 2.36 bits per heavy atom. The lowest BCUT2D eigenvalue weighted by molar-refractivity contribution is -0.134. The van der Waals surface area contributed by atoms with Gasteiger partial charge in [0.25, 0.3) is 0 Å². The molecule has 55 heavy (non-hydrogen) atoms. The van der Waals surface area contributed by atoms with E-state index in [-0.39, 0.29) is 33.7 Å². The van der Waals surface area contributed by atoms with Gasteiger partial charge in [0, 0.05) is 55.7 Å². The number of hydrogen-bond donors (Lipinski definition) is 4. The topological polar surface area (TPSA) is 144 Å². The zero-order valence-corrected chi connectivity index (χ0v) is 31.8. The zero-order valence-electron chi connectivity index (χ0n) is 30.3. The number of piperazine rings is 1. The number of benzene rings is 3. The fraction of sp³-hybridized carbons (Fsp3) is 0.359. The minimum Gasteiger partial charge on any atom is -0.494 e. The molecule has 4 aromatic rings. The van der Waals surface area contributed by atoms with Crippen LogP contribution in [-0.2, 0) is 14.4 Å². The van der Waals surface area contributed by atoms with Gasteiger partial charge >= 0.3 is 0 Å². The molecule has 1 unspecified atom stereocenters. The van der Waals surface area contributed by atoms with Gasteiger partial charge in [-0.15, -0.1) is 0 Å². The van der Waals surface area contributed by atoms with Crippen molar-refractivity contribution in [3.63, 3.8) is 0 Å². The number of nitrogens with zero attached hydrogens (tertiary/aromatic N) is 5. The van der Waals surface area contributed by atoms with Gasteiger partial charge in [-0.3, -0.25) is 24.6 Å². The number of aromatic nitrogens is 2. The Labute approximate surface area is 328 Å². The predicted octanol–water partition coefficient (Wildman–Crippen LogP) is 6.16. The second-order valence-corrected chi connectivity index (χ2v) is 14.7. The summed E-state index contributed by atoms with van der Waals surface area (Å²) in [5, 5.41) is 12.1. The molecular weight excluding hydrogens is 748 g/mol. The van der Waals surface area contributed by atoms with Gasteiger partial charge in [-0.1, -0.05) is 35.3 Å². The second-order valence-electron chi connectivity index (χ2n) is 13.8. The summed E-state index contributed by atoms with van der Waals surface area (Å²) in [5.41, 5.74) is 4.26. The largest absolute Gasteiger partial charge is 0.494 e. The minimum absolute atomic E-state index is 0.0246. The van der Waals surface area contributed by atoms with Gasteiger partial charge in [0.1, 0.15) is 22.6 Å². The summed E-state index contributed by atoms with van der Waals surface area (Å²) in [6, 6.07) is 17.9. The first kappa shape index (κ1) is 38.1. The Morgan fingerprint density at radius 2 is 1.65 bits per heavy atom. The summed E-state index contributed by atoms with van der Waals surface area (Å²) >= 11 is 12.2. The molecule has 3 aliphatic rings. The van der Waals surface area contributed by atoms with E-state index in [4.69, 9.17) is 27.9 Å². The highest BCUT2D eigenvalue weighted by Crippen LogP contribution is 2.34. The Bertz CT molecular complexity index is 2040. The van der Waals surface area contributed by atoms with Crippen LogP contribution in [0.25, 0.3) is 0 Å². The lowest BCUT2D eigenvalue weighted by Crippen LogP contribution is -2.51. The van der Waals surface area contributed by atoms with E-state index < -0.39 is 11.9 Å². The number of nitrogens with one attached hydrogen (secondary N) is 4. The molecule has 1 atom stereocenters. The molecule has 0 saturated carbocycles. The summed E-state index contributed by atoms with van der Waals surface area (Å²) in [4.78, 5) is 52.1. The van der Waals surface area contributed by atoms with Crippen molar-refractivity contribution >= 4 is 75.4 Å².